The van der Waals surface area contributed by atoms with Crippen molar-refractivity contribution in [3.8, 4) is 136 Å². The van der Waals surface area contributed by atoms with Crippen molar-refractivity contribution in [2.75, 3.05) is 0 Å². The van der Waals surface area contributed by atoms with E-state index >= 15 is 0 Å². The van der Waals surface area contributed by atoms with E-state index in [4.69, 9.17) is 29.9 Å². The molecule has 0 saturated heterocycles. The minimum atomic E-state index is -2.04. The summed E-state index contributed by atoms with van der Waals surface area (Å²) in [5, 5.41) is 21.1. The Morgan fingerprint density at radius 2 is 0.497 bits per heavy atom. The van der Waals surface area contributed by atoms with E-state index in [0.717, 1.165) is 108 Å². The number of rotatable bonds is 10. The zero-order valence-corrected chi connectivity index (χ0v) is 87.4. The summed E-state index contributed by atoms with van der Waals surface area (Å²) < 4.78 is 12.3. The molecule has 149 heavy (non-hydrogen) atoms. The number of hydrogen-bond donors (Lipinski definition) is 0. The van der Waals surface area contributed by atoms with Gasteiger partial charge in [-0.3, -0.25) is 0 Å². The van der Waals surface area contributed by atoms with Gasteiger partial charge in [-0.2, -0.15) is 0 Å². The third kappa shape index (κ3) is 13.3. The van der Waals surface area contributed by atoms with Gasteiger partial charge >= 0.3 is 0 Å². The zero-order valence-electron chi connectivity index (χ0n) is 83.6. The lowest BCUT2D eigenvalue weighted by Crippen LogP contribution is -2.50. The van der Waals surface area contributed by atoms with Crippen LogP contribution in [0.3, 0.4) is 0 Å². The fourth-order valence-corrected chi connectivity index (χ4v) is 36.5. The first-order chi connectivity index (χ1) is 73.0. The van der Waals surface area contributed by atoms with Crippen molar-refractivity contribution >= 4 is 174 Å². The van der Waals surface area contributed by atoms with Gasteiger partial charge in [0.05, 0.1) is 78.3 Å². The van der Waals surface area contributed by atoms with Crippen molar-refractivity contribution in [1.82, 2.24) is 48.2 Å². The molecule has 0 saturated carbocycles. The molecular formula is C135H98N10SSi3. The molecular weight excluding hydrogens is 1880 g/mol. The van der Waals surface area contributed by atoms with Crippen molar-refractivity contribution in [2.24, 2.45) is 0 Å². The highest BCUT2D eigenvalue weighted by atomic mass is 32.1. The Hall–Kier alpha value is -17.5. The zero-order chi connectivity index (χ0) is 99.6. The first-order valence-electron chi connectivity index (χ1n) is 51.6. The van der Waals surface area contributed by atoms with Gasteiger partial charge in [0.1, 0.15) is 24.2 Å². The van der Waals surface area contributed by atoms with Crippen molar-refractivity contribution < 1.29 is 0 Å². The fourth-order valence-electron chi connectivity index (χ4n) is 25.7. The Morgan fingerprint density at radius 3 is 0.906 bits per heavy atom. The number of fused-ring (bicyclic) bond motifs is 30. The fraction of sp³-hybridized carbons (Fsp3) is 0.0667. The molecule has 3 aliphatic heterocycles. The largest absolute Gasteiger partial charge is 0.309 e. The molecule has 0 amide bonds. The van der Waals surface area contributed by atoms with Crippen LogP contribution in [0.25, 0.3) is 243 Å². The van der Waals surface area contributed by atoms with Crippen LogP contribution in [0.2, 0.25) is 39.3 Å². The smallest absolute Gasteiger partial charge is 0.160 e. The van der Waals surface area contributed by atoms with Gasteiger partial charge in [0.25, 0.3) is 0 Å². The molecule has 31 rings (SSSR count). The van der Waals surface area contributed by atoms with Crippen molar-refractivity contribution in [3.05, 3.63) is 460 Å². The minimum absolute atomic E-state index is 0.0549. The number of nitrogens with zero attached hydrogens (tertiary/aromatic N) is 10. The predicted molar refractivity (Wildman–Crippen MR) is 633 cm³/mol. The molecule has 0 radical (unpaired) electrons. The molecule has 10 nitrogen and oxygen atoms in total. The Morgan fingerprint density at radius 1 is 0.208 bits per heavy atom. The lowest BCUT2D eigenvalue weighted by molar-refractivity contribution is 0.661. The number of thiophene rings is 1. The molecule has 0 N–H and O–H groups in total. The van der Waals surface area contributed by atoms with Crippen LogP contribution in [-0.4, -0.2) is 72.4 Å². The number of benzene rings is 19. The van der Waals surface area contributed by atoms with Gasteiger partial charge in [0.15, 0.2) is 17.5 Å². The quantitative estimate of drug-likeness (QED) is 0.127. The molecule has 0 unspecified atom stereocenters. The van der Waals surface area contributed by atoms with Crippen molar-refractivity contribution in [2.45, 2.75) is 58.5 Å². The average Bonchev–Trinajstić information content (AvgIpc) is 1.54. The first kappa shape index (κ1) is 88.0. The predicted octanol–water partition coefficient (Wildman–Crippen LogP) is 30.9. The van der Waals surface area contributed by atoms with Crippen LogP contribution in [0.15, 0.2) is 449 Å². The summed E-state index contributed by atoms with van der Waals surface area (Å²) in [4.78, 5) is 32.4. The van der Waals surface area contributed by atoms with E-state index in [1.54, 1.807) is 0 Å². The van der Waals surface area contributed by atoms with Gasteiger partial charge in [-0.15, -0.1) is 11.3 Å². The summed E-state index contributed by atoms with van der Waals surface area (Å²) >= 11 is 1.87. The molecule has 27 aromatic rings. The van der Waals surface area contributed by atoms with E-state index in [-0.39, 0.29) is 5.41 Å². The molecule has 11 heterocycles. The molecule has 0 spiro atoms. The first-order valence-corrected chi connectivity index (χ1v) is 61.4. The molecule has 8 aromatic heterocycles. The van der Waals surface area contributed by atoms with E-state index < -0.39 is 24.2 Å². The lowest BCUT2D eigenvalue weighted by Gasteiger charge is -2.21. The van der Waals surface area contributed by atoms with Crippen molar-refractivity contribution in [1.29, 1.82) is 0 Å². The van der Waals surface area contributed by atoms with Gasteiger partial charge in [-0.05, 0) is 179 Å². The van der Waals surface area contributed by atoms with E-state index in [9.17, 15) is 0 Å². The average molecular weight is 1980 g/mol. The van der Waals surface area contributed by atoms with E-state index in [1.165, 1.54) is 177 Å². The standard InChI is InChI=1S/C48H34N4Si.C45H35N3Si.C42H29N3SSi/c1-53(2)42-27-14-11-24-37(42)46-47(53)45(31-16-5-3-6-17-31)49-48(50-46)32-18-15-21-34(30-32)52-39-26-13-10-23-36(39)44-41(52)29-28-40-43(44)35-22-9-12-25-38(35)51(40)33-19-7-4-8-20-33;1-45(2)34-22-11-8-19-31(34)39-35(45)25-26-37-40(39)32-20-9-12-23-36(32)48(37)30-18-14-17-29(27-30)44-46-41(28-15-6-5-7-16-28)43-42(47-44)33-21-10-13-24-38(33)49(43,3)4;1-47(2)36-22-11-8-19-31(36)40-41(47)39(26-13-4-3-5-14-26)43-42(44-40)27-15-12-16-28(25-27)45-32-20-9-6-17-29(32)37-33(45)23-24-35-38(37)30-18-7-10-21-34(30)46-35/h3-30H,1-2H3;5-27H,1-4H3;3-25H,1-2H3. The highest BCUT2D eigenvalue weighted by molar-refractivity contribution is 7.26. The Bertz CT molecular complexity index is 10300. The monoisotopic (exact) mass is 1970 g/mol. The van der Waals surface area contributed by atoms with Crippen LogP contribution < -0.4 is 31.1 Å². The summed E-state index contributed by atoms with van der Waals surface area (Å²) in [6.07, 6.45) is 0. The van der Waals surface area contributed by atoms with Gasteiger partial charge < -0.3 is 18.3 Å². The molecule has 0 fully saturated rings. The van der Waals surface area contributed by atoms with Crippen LogP contribution in [0.5, 0.6) is 0 Å². The maximum Gasteiger partial charge on any atom is 0.160 e. The number of hydrogen-bond acceptors (Lipinski definition) is 7. The second kappa shape index (κ2) is 33.5. The molecule has 19 aromatic carbocycles. The summed E-state index contributed by atoms with van der Waals surface area (Å²) in [7, 11) is -6.08. The number of para-hydroxylation sites is 5. The second-order valence-electron chi connectivity index (χ2n) is 42.2. The third-order valence-corrected chi connectivity index (χ3v) is 44.1. The van der Waals surface area contributed by atoms with Gasteiger partial charge in [0.2, 0.25) is 0 Å². The Kier molecular flexibility index (Phi) is 19.8. The molecule has 0 atom stereocenters. The van der Waals surface area contributed by atoms with E-state index in [0.29, 0.717) is 0 Å². The van der Waals surface area contributed by atoms with Crippen LogP contribution in [0.4, 0.5) is 0 Å². The molecule has 4 aliphatic rings. The highest BCUT2D eigenvalue weighted by Crippen LogP contribution is 2.55. The van der Waals surface area contributed by atoms with Gasteiger partial charge in [0, 0.05) is 125 Å². The van der Waals surface area contributed by atoms with Crippen LogP contribution in [-0.2, 0) is 5.41 Å². The summed E-state index contributed by atoms with van der Waals surface area (Å²) in [5.74, 6) is 2.27. The molecule has 14 heteroatoms. The summed E-state index contributed by atoms with van der Waals surface area (Å²) in [6.45, 7) is 19.3. The molecule has 0 bridgehead atoms. The topological polar surface area (TPSA) is 97.1 Å². The Labute approximate surface area is 869 Å². The van der Waals surface area contributed by atoms with Crippen molar-refractivity contribution in [3.63, 3.8) is 0 Å². The highest BCUT2D eigenvalue weighted by Gasteiger charge is 2.46. The third-order valence-electron chi connectivity index (χ3n) is 32.4. The van der Waals surface area contributed by atoms with Gasteiger partial charge in [-0.1, -0.05) is 393 Å². The van der Waals surface area contributed by atoms with Crippen LogP contribution in [0, 0.1) is 0 Å². The van der Waals surface area contributed by atoms with Crippen LogP contribution in [0.1, 0.15) is 25.0 Å². The second-order valence-corrected chi connectivity index (χ2v) is 56.2. The molecule has 1 aliphatic carbocycles. The lowest BCUT2D eigenvalue weighted by atomic mass is 9.82. The normalized spacial score (nSPS) is 13.9. The molecule has 706 valence electrons. The SMILES string of the molecule is CC1(C)c2ccccc2-c2c1ccc1c2c2ccccc2n1-c1cccc(-c2nc(-c3ccccc3)c3c(n2)-c2ccccc2[Si]3(C)C)c1.C[Si]1(C)c2ccccc2-c2nc(-c3cccc(-n4c5ccccc5c5c6c(ccc54)sc4ccccc46)c3)nc(-c3ccccc3)c21.C[Si]1(C)c2ccccc2-c2nc(-c3cccc(-n4c5ccccc5c5c6c7ccccc7n(-c7ccccc7)c6ccc54)c3)nc(-c3ccccc3)c21. The van der Waals surface area contributed by atoms with Crippen LogP contribution >= 0.6 is 11.3 Å². The maximum absolute atomic E-state index is 5.43. The maximum atomic E-state index is 5.43. The van der Waals surface area contributed by atoms with E-state index in [1.807, 2.05) is 11.3 Å². The van der Waals surface area contributed by atoms with Gasteiger partial charge in [-0.25, -0.2) is 29.9 Å². The number of aromatic nitrogens is 10. The van der Waals surface area contributed by atoms with E-state index in [2.05, 4.69) is 520 Å². The minimum Gasteiger partial charge on any atom is -0.309 e. The summed E-state index contributed by atoms with van der Waals surface area (Å²) in [5.41, 5.74) is 36.1. The summed E-state index contributed by atoms with van der Waals surface area (Å²) in [6, 6.07) is 162. The Balaban J connectivity index is 0.000000105.